The molecule has 2 atom stereocenters. The molecule has 0 amide bonds. The lowest BCUT2D eigenvalue weighted by molar-refractivity contribution is 0.171. The molecular weight excluding hydrogens is 200 g/mol. The molecule has 4 nitrogen and oxygen atoms in total. The van der Waals surface area contributed by atoms with Crippen molar-refractivity contribution in [1.82, 2.24) is 4.90 Å². The van der Waals surface area contributed by atoms with Gasteiger partial charge in [0.2, 0.25) is 0 Å². The molecule has 0 aromatic carbocycles. The van der Waals surface area contributed by atoms with Gasteiger partial charge in [-0.25, -0.2) is 0 Å². The molecule has 0 aliphatic carbocycles. The molecule has 1 aliphatic heterocycles. The molecule has 0 bridgehead atoms. The monoisotopic (exact) mass is 220 g/mol. The van der Waals surface area contributed by atoms with Crippen LogP contribution in [0, 0.1) is 23.2 Å². The Labute approximate surface area is 97.2 Å². The van der Waals surface area contributed by atoms with Gasteiger partial charge in [0.25, 0.3) is 0 Å². The second-order valence-electron chi connectivity index (χ2n) is 4.51. The van der Waals surface area contributed by atoms with Gasteiger partial charge < -0.3 is 16.4 Å². The number of piperidine rings is 1. The molecule has 1 rings (SSSR count). The van der Waals surface area contributed by atoms with Crippen LogP contribution >= 0.6 is 0 Å². The second kappa shape index (κ2) is 5.45. The van der Waals surface area contributed by atoms with E-state index in [1.807, 2.05) is 6.07 Å². The predicted molar refractivity (Wildman–Crippen MR) is 64.7 cm³/mol. The van der Waals surface area contributed by atoms with Crippen LogP contribution in [0.5, 0.6) is 0 Å². The molecule has 1 saturated heterocycles. The van der Waals surface area contributed by atoms with Gasteiger partial charge in [-0.15, -0.1) is 0 Å². The van der Waals surface area contributed by atoms with E-state index in [2.05, 4.69) is 18.7 Å². The van der Waals surface area contributed by atoms with Crippen molar-refractivity contribution >= 4 is 0 Å². The fourth-order valence-corrected chi connectivity index (χ4v) is 1.82. The lowest BCUT2D eigenvalue weighted by atomic mass is 9.89. The number of nitrogens with two attached hydrogens (primary N) is 2. The van der Waals surface area contributed by atoms with Gasteiger partial charge >= 0.3 is 0 Å². The molecule has 0 aromatic rings. The molecule has 0 radical (unpaired) electrons. The van der Waals surface area contributed by atoms with Crippen LogP contribution < -0.4 is 11.5 Å². The Bertz CT molecular complexity index is 337. The summed E-state index contributed by atoms with van der Waals surface area (Å²) in [4.78, 5) is 2.14. The number of likely N-dealkylation sites (tertiary alicyclic amines) is 1. The van der Waals surface area contributed by atoms with E-state index in [-0.39, 0.29) is 5.70 Å². The summed E-state index contributed by atoms with van der Waals surface area (Å²) < 4.78 is 0. The molecule has 1 fully saturated rings. The van der Waals surface area contributed by atoms with Gasteiger partial charge in [-0.2, -0.15) is 5.26 Å². The van der Waals surface area contributed by atoms with Crippen LogP contribution in [-0.4, -0.2) is 18.0 Å². The van der Waals surface area contributed by atoms with Crippen molar-refractivity contribution in [2.24, 2.45) is 23.3 Å². The maximum absolute atomic E-state index is 8.51. The van der Waals surface area contributed by atoms with Gasteiger partial charge in [-0.1, -0.05) is 13.8 Å². The van der Waals surface area contributed by atoms with Gasteiger partial charge in [0.1, 0.15) is 11.8 Å². The Morgan fingerprint density at radius 1 is 1.31 bits per heavy atom. The Hall–Kier alpha value is -1.63. The maximum Gasteiger partial charge on any atom is 0.117 e. The number of nitriles is 1. The second-order valence-corrected chi connectivity index (χ2v) is 4.51. The Morgan fingerprint density at radius 2 is 2.00 bits per heavy atom. The van der Waals surface area contributed by atoms with Crippen molar-refractivity contribution in [1.29, 1.82) is 5.26 Å². The fraction of sp³-hybridized carbons (Fsp3) is 0.583. The normalized spacial score (nSPS) is 27.7. The molecular formula is C12H20N4. The highest BCUT2D eigenvalue weighted by Gasteiger charge is 2.22. The largest absolute Gasteiger partial charge is 0.390 e. The summed E-state index contributed by atoms with van der Waals surface area (Å²) >= 11 is 0. The number of allylic oxidation sites excluding steroid dienone is 3. The third-order valence-electron chi connectivity index (χ3n) is 3.26. The van der Waals surface area contributed by atoms with Crippen LogP contribution in [0.2, 0.25) is 0 Å². The van der Waals surface area contributed by atoms with E-state index in [1.165, 1.54) is 0 Å². The smallest absolute Gasteiger partial charge is 0.117 e. The first-order valence-corrected chi connectivity index (χ1v) is 5.62. The van der Waals surface area contributed by atoms with Gasteiger partial charge in [0.15, 0.2) is 0 Å². The first-order valence-electron chi connectivity index (χ1n) is 5.62. The third kappa shape index (κ3) is 3.20. The summed E-state index contributed by atoms with van der Waals surface area (Å²) in [6.45, 7) is 6.47. The number of nitrogens with zero attached hydrogens (tertiary/aromatic N) is 2. The first kappa shape index (κ1) is 12.4. The first-order chi connectivity index (χ1) is 7.54. The topological polar surface area (TPSA) is 79.1 Å². The Morgan fingerprint density at radius 3 is 2.56 bits per heavy atom. The molecule has 16 heavy (non-hydrogen) atoms. The highest BCUT2D eigenvalue weighted by molar-refractivity contribution is 5.23. The van der Waals surface area contributed by atoms with Crippen molar-refractivity contribution < 1.29 is 0 Å². The van der Waals surface area contributed by atoms with Crippen LogP contribution in [0.4, 0.5) is 0 Å². The minimum atomic E-state index is 0.182. The van der Waals surface area contributed by atoms with Crippen molar-refractivity contribution in [3.8, 4) is 6.07 Å². The van der Waals surface area contributed by atoms with Gasteiger partial charge in [0, 0.05) is 13.1 Å². The van der Waals surface area contributed by atoms with Crippen LogP contribution in [0.15, 0.2) is 23.7 Å². The van der Waals surface area contributed by atoms with E-state index in [4.69, 9.17) is 16.7 Å². The van der Waals surface area contributed by atoms with Crippen molar-refractivity contribution in [3.05, 3.63) is 23.7 Å². The predicted octanol–water partition coefficient (Wildman–Crippen LogP) is 1.13. The molecule has 4 N–H and O–H groups in total. The third-order valence-corrected chi connectivity index (χ3v) is 3.26. The molecule has 1 aliphatic rings. The summed E-state index contributed by atoms with van der Waals surface area (Å²) in [5.41, 5.74) is 11.5. The Kier molecular flexibility index (Phi) is 4.24. The summed E-state index contributed by atoms with van der Waals surface area (Å²) in [6.07, 6.45) is 4.42. The zero-order chi connectivity index (χ0) is 12.1. The highest BCUT2D eigenvalue weighted by Crippen LogP contribution is 2.23. The summed E-state index contributed by atoms with van der Waals surface area (Å²) in [6, 6.07) is 1.86. The van der Waals surface area contributed by atoms with Crippen LogP contribution in [0.25, 0.3) is 0 Å². The van der Waals surface area contributed by atoms with E-state index in [9.17, 15) is 0 Å². The SMILES string of the molecule is CC1CCN(/C(N)=C/C=C(\N)C#N)CC1C. The standard InChI is InChI=1S/C12H20N4/c1-9-5-6-16(8-10(9)2)12(15)4-3-11(14)7-13/h3-4,9-10H,5-6,8,14-15H2,1-2H3/b11-3-,12-4+. The summed E-state index contributed by atoms with van der Waals surface area (Å²) in [5, 5.41) is 8.51. The molecule has 2 unspecified atom stereocenters. The maximum atomic E-state index is 8.51. The molecule has 88 valence electrons. The summed E-state index contributed by atoms with van der Waals surface area (Å²) in [7, 11) is 0. The molecule has 0 spiro atoms. The van der Waals surface area contributed by atoms with E-state index in [0.29, 0.717) is 11.7 Å². The van der Waals surface area contributed by atoms with E-state index in [1.54, 1.807) is 12.2 Å². The van der Waals surface area contributed by atoms with Gasteiger partial charge in [-0.05, 0) is 30.4 Å². The number of rotatable bonds is 2. The van der Waals surface area contributed by atoms with E-state index < -0.39 is 0 Å². The Balaban J connectivity index is 2.62. The lowest BCUT2D eigenvalue weighted by Gasteiger charge is -2.36. The fourth-order valence-electron chi connectivity index (χ4n) is 1.82. The minimum absolute atomic E-state index is 0.182. The van der Waals surface area contributed by atoms with Crippen molar-refractivity contribution in [2.45, 2.75) is 20.3 Å². The summed E-state index contributed by atoms with van der Waals surface area (Å²) in [5.74, 6) is 2.10. The average molecular weight is 220 g/mol. The van der Waals surface area contributed by atoms with Crippen molar-refractivity contribution in [3.63, 3.8) is 0 Å². The van der Waals surface area contributed by atoms with Crippen molar-refractivity contribution in [2.75, 3.05) is 13.1 Å². The molecule has 0 saturated carbocycles. The van der Waals surface area contributed by atoms with Gasteiger partial charge in [-0.3, -0.25) is 0 Å². The quantitative estimate of drug-likeness (QED) is 0.540. The van der Waals surface area contributed by atoms with Crippen LogP contribution in [0.1, 0.15) is 20.3 Å². The van der Waals surface area contributed by atoms with Gasteiger partial charge in [0.05, 0.1) is 5.82 Å². The zero-order valence-corrected chi connectivity index (χ0v) is 9.98. The van der Waals surface area contributed by atoms with E-state index >= 15 is 0 Å². The van der Waals surface area contributed by atoms with Crippen LogP contribution in [0.3, 0.4) is 0 Å². The number of hydrogen-bond donors (Lipinski definition) is 2. The molecule has 0 aromatic heterocycles. The van der Waals surface area contributed by atoms with E-state index in [0.717, 1.165) is 25.4 Å². The minimum Gasteiger partial charge on any atom is -0.390 e. The number of hydrogen-bond acceptors (Lipinski definition) is 4. The lowest BCUT2D eigenvalue weighted by Crippen LogP contribution is -2.40. The average Bonchev–Trinajstić information content (AvgIpc) is 2.29. The highest BCUT2D eigenvalue weighted by atomic mass is 15.2. The molecule has 4 heteroatoms. The zero-order valence-electron chi connectivity index (χ0n) is 9.98. The van der Waals surface area contributed by atoms with Crippen LogP contribution in [-0.2, 0) is 0 Å². The molecule has 1 heterocycles.